The fraction of sp³-hybridized carbons (Fsp3) is 0.458. The minimum absolute atomic E-state index is 0.0397. The molecule has 8 heteroatoms. The smallest absolute Gasteiger partial charge is 0.315 e. The lowest BCUT2D eigenvalue weighted by molar-refractivity contribution is 0.122. The van der Waals surface area contributed by atoms with Crippen molar-refractivity contribution >= 4 is 17.5 Å². The highest BCUT2D eigenvalue weighted by Gasteiger charge is 2.39. The third-order valence-electron chi connectivity index (χ3n) is 7.03. The van der Waals surface area contributed by atoms with E-state index < -0.39 is 0 Å². The number of benzene rings is 1. The molecular formula is C24H28N6O2. The lowest BCUT2D eigenvalue weighted by Crippen LogP contribution is -2.39. The summed E-state index contributed by atoms with van der Waals surface area (Å²) in [6.45, 7) is 3.08. The number of amides is 2. The summed E-state index contributed by atoms with van der Waals surface area (Å²) < 4.78 is 7.80. The van der Waals surface area contributed by atoms with Crippen molar-refractivity contribution < 1.29 is 9.53 Å². The number of nitrogens with one attached hydrogen (secondary N) is 2. The summed E-state index contributed by atoms with van der Waals surface area (Å²) >= 11 is 0. The van der Waals surface area contributed by atoms with Crippen LogP contribution in [0.4, 0.5) is 10.6 Å². The molecule has 0 spiro atoms. The zero-order valence-electron chi connectivity index (χ0n) is 18.0. The van der Waals surface area contributed by atoms with Gasteiger partial charge in [-0.3, -0.25) is 4.40 Å². The lowest BCUT2D eigenvalue weighted by Gasteiger charge is -2.31. The van der Waals surface area contributed by atoms with Crippen molar-refractivity contribution in [1.29, 1.82) is 0 Å². The second-order valence-corrected chi connectivity index (χ2v) is 8.99. The van der Waals surface area contributed by atoms with Gasteiger partial charge in [-0.15, -0.1) is 0 Å². The number of imidazole rings is 1. The highest BCUT2D eigenvalue weighted by atomic mass is 16.5. The molecule has 2 N–H and O–H groups in total. The first-order valence-electron chi connectivity index (χ1n) is 11.6. The number of carbonyl (C=O) groups is 1. The molecule has 1 aliphatic carbocycles. The summed E-state index contributed by atoms with van der Waals surface area (Å²) in [4.78, 5) is 24.1. The number of aromatic nitrogens is 3. The van der Waals surface area contributed by atoms with Gasteiger partial charge in [0, 0.05) is 43.5 Å². The SMILES string of the molecule is O=C1NC2CCC(c3c(Cc4ccccc4)nc4c(N5CCOCC5)nccn34)CC2N1. The minimum Gasteiger partial charge on any atom is -0.378 e. The van der Waals surface area contributed by atoms with Gasteiger partial charge in [-0.2, -0.15) is 0 Å². The maximum atomic E-state index is 11.9. The van der Waals surface area contributed by atoms with Crippen LogP contribution in [-0.4, -0.2) is 58.8 Å². The molecule has 1 saturated carbocycles. The van der Waals surface area contributed by atoms with E-state index in [1.165, 1.54) is 11.3 Å². The van der Waals surface area contributed by atoms with Crippen LogP contribution >= 0.6 is 0 Å². The summed E-state index contributed by atoms with van der Waals surface area (Å²) in [5.74, 6) is 1.27. The molecule has 0 bridgehead atoms. The molecule has 3 aromatic rings. The van der Waals surface area contributed by atoms with Crippen LogP contribution in [-0.2, 0) is 11.2 Å². The van der Waals surface area contributed by atoms with E-state index in [0.29, 0.717) is 19.1 Å². The highest BCUT2D eigenvalue weighted by molar-refractivity contribution is 5.77. The number of carbonyl (C=O) groups excluding carboxylic acids is 1. The van der Waals surface area contributed by atoms with Crippen molar-refractivity contribution in [2.24, 2.45) is 0 Å². The molecule has 1 aromatic carbocycles. The third kappa shape index (κ3) is 3.48. The number of hydrogen-bond donors (Lipinski definition) is 2. The predicted octanol–water partition coefficient (Wildman–Crippen LogP) is 2.47. The summed E-state index contributed by atoms with van der Waals surface area (Å²) in [6.07, 6.45) is 7.67. The van der Waals surface area contributed by atoms with Crippen molar-refractivity contribution in [2.75, 3.05) is 31.2 Å². The van der Waals surface area contributed by atoms with Crippen molar-refractivity contribution in [1.82, 2.24) is 25.0 Å². The first kappa shape index (κ1) is 19.5. The Labute approximate surface area is 187 Å². The number of rotatable bonds is 4. The Hall–Kier alpha value is -3.13. The fourth-order valence-corrected chi connectivity index (χ4v) is 5.51. The van der Waals surface area contributed by atoms with Crippen LogP contribution in [0.15, 0.2) is 42.7 Å². The van der Waals surface area contributed by atoms with E-state index in [9.17, 15) is 4.79 Å². The molecule has 3 unspecified atom stereocenters. The van der Waals surface area contributed by atoms with Crippen LogP contribution < -0.4 is 15.5 Å². The Morgan fingerprint density at radius 1 is 1.06 bits per heavy atom. The molecule has 8 nitrogen and oxygen atoms in total. The van der Waals surface area contributed by atoms with E-state index in [1.54, 1.807) is 0 Å². The number of ether oxygens (including phenoxy) is 1. The first-order valence-corrected chi connectivity index (χ1v) is 11.6. The van der Waals surface area contributed by atoms with Crippen molar-refractivity contribution in [3.63, 3.8) is 0 Å². The van der Waals surface area contributed by atoms with Crippen LogP contribution in [0.1, 0.15) is 42.1 Å². The first-order chi connectivity index (χ1) is 15.8. The standard InChI is InChI=1S/C24H28N6O2/c31-24-27-18-7-6-17(15-19(18)28-24)21-20(14-16-4-2-1-3-5-16)26-23-22(25-8-9-30(21)23)29-10-12-32-13-11-29/h1-5,8-9,17-19H,6-7,10-15H2,(H2,27,28,31). The highest BCUT2D eigenvalue weighted by Crippen LogP contribution is 2.38. The molecule has 3 atom stereocenters. The number of morpholine rings is 1. The van der Waals surface area contributed by atoms with E-state index in [4.69, 9.17) is 14.7 Å². The van der Waals surface area contributed by atoms with Gasteiger partial charge in [-0.05, 0) is 24.8 Å². The van der Waals surface area contributed by atoms with E-state index in [1.807, 2.05) is 18.5 Å². The normalized spacial score (nSPS) is 25.4. The fourth-order valence-electron chi connectivity index (χ4n) is 5.51. The number of fused-ring (bicyclic) bond motifs is 2. The molecule has 3 fully saturated rings. The zero-order chi connectivity index (χ0) is 21.5. The van der Waals surface area contributed by atoms with Gasteiger partial charge >= 0.3 is 6.03 Å². The Morgan fingerprint density at radius 3 is 2.72 bits per heavy atom. The van der Waals surface area contributed by atoms with Gasteiger partial charge in [0.15, 0.2) is 11.5 Å². The van der Waals surface area contributed by atoms with Gasteiger partial charge < -0.3 is 20.3 Å². The van der Waals surface area contributed by atoms with Gasteiger partial charge in [0.1, 0.15) is 0 Å². The Bertz CT molecular complexity index is 1120. The predicted molar refractivity (Wildman–Crippen MR) is 121 cm³/mol. The van der Waals surface area contributed by atoms with Gasteiger partial charge in [-0.25, -0.2) is 14.8 Å². The van der Waals surface area contributed by atoms with Crippen LogP contribution in [0, 0.1) is 0 Å². The van der Waals surface area contributed by atoms with Gasteiger partial charge in [0.2, 0.25) is 0 Å². The molecule has 32 heavy (non-hydrogen) atoms. The minimum atomic E-state index is -0.0397. The van der Waals surface area contributed by atoms with Crippen molar-refractivity contribution in [3.05, 3.63) is 59.7 Å². The molecule has 6 rings (SSSR count). The van der Waals surface area contributed by atoms with Crippen LogP contribution in [0.2, 0.25) is 0 Å². The average Bonchev–Trinajstić information content (AvgIpc) is 3.38. The Kier molecular flexibility index (Phi) is 4.94. The molecule has 0 radical (unpaired) electrons. The second kappa shape index (κ2) is 8.09. The molecule has 2 amide bonds. The van der Waals surface area contributed by atoms with Crippen LogP contribution in [0.3, 0.4) is 0 Å². The van der Waals surface area contributed by atoms with Gasteiger partial charge in [-0.1, -0.05) is 30.3 Å². The van der Waals surface area contributed by atoms with Crippen molar-refractivity contribution in [2.45, 2.75) is 43.7 Å². The largest absolute Gasteiger partial charge is 0.378 e. The number of nitrogens with zero attached hydrogens (tertiary/aromatic N) is 4. The zero-order valence-corrected chi connectivity index (χ0v) is 18.0. The molecule has 2 aliphatic heterocycles. The number of hydrogen-bond acceptors (Lipinski definition) is 5. The maximum Gasteiger partial charge on any atom is 0.315 e. The molecule has 4 heterocycles. The van der Waals surface area contributed by atoms with E-state index >= 15 is 0 Å². The average molecular weight is 433 g/mol. The maximum absolute atomic E-state index is 11.9. The lowest BCUT2D eigenvalue weighted by atomic mass is 9.80. The summed E-state index contributed by atoms with van der Waals surface area (Å²) in [6, 6.07) is 10.9. The molecule has 3 aliphatic rings. The van der Waals surface area contributed by atoms with E-state index in [0.717, 1.165) is 55.9 Å². The van der Waals surface area contributed by atoms with E-state index in [2.05, 4.69) is 44.2 Å². The monoisotopic (exact) mass is 432 g/mol. The van der Waals surface area contributed by atoms with Crippen LogP contribution in [0.25, 0.3) is 5.65 Å². The number of urea groups is 1. The van der Waals surface area contributed by atoms with Gasteiger partial charge in [0.05, 0.1) is 31.0 Å². The Balaban J connectivity index is 1.43. The summed E-state index contributed by atoms with van der Waals surface area (Å²) in [7, 11) is 0. The summed E-state index contributed by atoms with van der Waals surface area (Å²) in [5, 5.41) is 6.18. The third-order valence-corrected chi connectivity index (χ3v) is 7.03. The van der Waals surface area contributed by atoms with E-state index in [-0.39, 0.29) is 18.1 Å². The topological polar surface area (TPSA) is 83.8 Å². The molecule has 2 saturated heterocycles. The molecule has 166 valence electrons. The number of anilines is 1. The summed E-state index contributed by atoms with van der Waals surface area (Å²) in [5.41, 5.74) is 4.55. The van der Waals surface area contributed by atoms with Crippen molar-refractivity contribution in [3.8, 4) is 0 Å². The van der Waals surface area contributed by atoms with Crippen LogP contribution in [0.5, 0.6) is 0 Å². The molecule has 2 aromatic heterocycles. The van der Waals surface area contributed by atoms with Gasteiger partial charge in [0.25, 0.3) is 0 Å². The quantitative estimate of drug-likeness (QED) is 0.662. The molecular weight excluding hydrogens is 404 g/mol. The second-order valence-electron chi connectivity index (χ2n) is 8.99. The Morgan fingerprint density at radius 2 is 1.88 bits per heavy atom.